The van der Waals surface area contributed by atoms with Crippen molar-refractivity contribution in [3.8, 4) is 44.8 Å². The number of aromatic nitrogens is 2. The van der Waals surface area contributed by atoms with Crippen molar-refractivity contribution in [1.29, 1.82) is 0 Å². The van der Waals surface area contributed by atoms with Crippen LogP contribution in [0.1, 0.15) is 22.3 Å². The van der Waals surface area contributed by atoms with Gasteiger partial charge in [0.15, 0.2) is 0 Å². The van der Waals surface area contributed by atoms with Crippen LogP contribution in [-0.2, 0) is 12.8 Å². The Bertz CT molecular complexity index is 4080. The molecule has 0 N–H and O–H groups in total. The molecule has 0 spiro atoms. The topological polar surface area (TPSA) is 23.0 Å². The minimum absolute atomic E-state index is 0.830. The Kier molecular flexibility index (Phi) is 7.81. The molecular formula is C62H40N2O. The lowest BCUT2D eigenvalue weighted by molar-refractivity contribution is 0.669. The van der Waals surface area contributed by atoms with Crippen LogP contribution in [0.2, 0.25) is 0 Å². The Morgan fingerprint density at radius 1 is 0.308 bits per heavy atom. The number of fused-ring (bicyclic) bond motifs is 15. The zero-order chi connectivity index (χ0) is 42.6. The van der Waals surface area contributed by atoms with Crippen LogP contribution in [0.3, 0.4) is 0 Å². The second-order valence-electron chi connectivity index (χ2n) is 17.6. The molecule has 0 saturated carbocycles. The normalized spacial score (nSPS) is 12.5. The van der Waals surface area contributed by atoms with E-state index < -0.39 is 0 Å². The molecule has 1 aliphatic rings. The van der Waals surface area contributed by atoms with Crippen LogP contribution < -0.4 is 0 Å². The molecule has 0 atom stereocenters. The smallest absolute Gasteiger partial charge is 0.135 e. The first kappa shape index (κ1) is 36.1. The number of para-hydroxylation sites is 3. The summed E-state index contributed by atoms with van der Waals surface area (Å²) in [7, 11) is 0. The van der Waals surface area contributed by atoms with E-state index in [4.69, 9.17) is 4.42 Å². The first-order chi connectivity index (χ1) is 32.2. The molecule has 0 radical (unpaired) electrons. The Labute approximate surface area is 375 Å². The molecule has 13 aromatic rings. The highest BCUT2D eigenvalue weighted by Crippen LogP contribution is 2.44. The van der Waals surface area contributed by atoms with Gasteiger partial charge in [-0.3, -0.25) is 0 Å². The Morgan fingerprint density at radius 3 is 1.49 bits per heavy atom. The molecule has 304 valence electrons. The fraction of sp³-hybridized carbons (Fsp3) is 0.0323. The molecule has 0 saturated heterocycles. The van der Waals surface area contributed by atoms with Crippen LogP contribution in [0.15, 0.2) is 223 Å². The quantitative estimate of drug-likeness (QED) is 0.174. The molecule has 0 unspecified atom stereocenters. The molecular weight excluding hydrogens is 789 g/mol. The van der Waals surface area contributed by atoms with Crippen molar-refractivity contribution >= 4 is 65.6 Å². The van der Waals surface area contributed by atoms with Crippen molar-refractivity contribution in [2.45, 2.75) is 12.8 Å². The third kappa shape index (κ3) is 5.49. The second kappa shape index (κ2) is 14.1. The van der Waals surface area contributed by atoms with E-state index in [1.165, 1.54) is 105 Å². The van der Waals surface area contributed by atoms with E-state index in [1.54, 1.807) is 0 Å². The van der Waals surface area contributed by atoms with E-state index in [-0.39, 0.29) is 0 Å². The molecule has 14 rings (SSSR count). The standard InChI is InChI=1S/C62H40N2O/c1-4-18-46-41(14-1)34-43-16-3-6-20-48(43)62-44(35-42-15-2-5-19-47(42)46)17-13-26-59(62)64-56-25-11-8-22-50(56)53-37-40(29-32-58(53)64)39-28-31-57-52(36-39)49-21-7-10-24-55(49)63(57)45-30-33-61-54(38-45)51-23-9-12-27-60(51)65-61/h1-33,36-38H,34-35H2. The Balaban J connectivity index is 0.946. The van der Waals surface area contributed by atoms with Gasteiger partial charge in [-0.2, -0.15) is 0 Å². The molecule has 1 aliphatic carbocycles. The first-order valence-electron chi connectivity index (χ1n) is 22.6. The summed E-state index contributed by atoms with van der Waals surface area (Å²) < 4.78 is 11.1. The van der Waals surface area contributed by atoms with E-state index in [0.717, 1.165) is 40.5 Å². The molecule has 65 heavy (non-hydrogen) atoms. The lowest BCUT2D eigenvalue weighted by atomic mass is 9.83. The van der Waals surface area contributed by atoms with Crippen molar-refractivity contribution in [2.75, 3.05) is 0 Å². The lowest BCUT2D eigenvalue weighted by Crippen LogP contribution is -2.06. The summed E-state index contributed by atoms with van der Waals surface area (Å²) in [6.45, 7) is 0. The molecule has 10 aromatic carbocycles. The minimum Gasteiger partial charge on any atom is -0.456 e. The third-order valence-corrected chi connectivity index (χ3v) is 14.0. The maximum Gasteiger partial charge on any atom is 0.135 e. The summed E-state index contributed by atoms with van der Waals surface area (Å²) in [5.41, 5.74) is 21.9. The van der Waals surface area contributed by atoms with Crippen LogP contribution in [0.4, 0.5) is 0 Å². The highest BCUT2D eigenvalue weighted by molar-refractivity contribution is 6.14. The predicted octanol–water partition coefficient (Wildman–Crippen LogP) is 16.3. The Hall–Kier alpha value is -8.40. The van der Waals surface area contributed by atoms with Crippen LogP contribution in [-0.4, -0.2) is 9.13 Å². The number of hydrogen-bond acceptors (Lipinski definition) is 1. The summed E-state index contributed by atoms with van der Waals surface area (Å²) in [6, 6.07) is 80.6. The molecule has 3 heteroatoms. The van der Waals surface area contributed by atoms with Crippen molar-refractivity contribution in [1.82, 2.24) is 9.13 Å². The highest BCUT2D eigenvalue weighted by atomic mass is 16.3. The van der Waals surface area contributed by atoms with Crippen LogP contribution >= 0.6 is 0 Å². The van der Waals surface area contributed by atoms with E-state index in [0.29, 0.717) is 0 Å². The molecule has 0 fully saturated rings. The fourth-order valence-corrected chi connectivity index (χ4v) is 11.1. The lowest BCUT2D eigenvalue weighted by Gasteiger charge is -2.23. The maximum atomic E-state index is 6.22. The van der Waals surface area contributed by atoms with E-state index >= 15 is 0 Å². The SMILES string of the molecule is c1ccc2c(c1)Cc1ccccc1-c1c(cccc1-n1c3ccccc3c3cc(-c4ccc5c(c4)c4ccccc4n5-c4ccc5oc6ccccc6c5c4)ccc31)Cc1ccccc1-2. The summed E-state index contributed by atoms with van der Waals surface area (Å²) in [5, 5.41) is 7.21. The molecule has 0 amide bonds. The summed E-state index contributed by atoms with van der Waals surface area (Å²) >= 11 is 0. The summed E-state index contributed by atoms with van der Waals surface area (Å²) in [6.07, 6.45) is 1.68. The monoisotopic (exact) mass is 828 g/mol. The van der Waals surface area contributed by atoms with Crippen molar-refractivity contribution in [3.05, 3.63) is 241 Å². The molecule has 3 aromatic heterocycles. The zero-order valence-electron chi connectivity index (χ0n) is 35.5. The van der Waals surface area contributed by atoms with Gasteiger partial charge in [-0.25, -0.2) is 0 Å². The molecule has 3 nitrogen and oxygen atoms in total. The largest absolute Gasteiger partial charge is 0.456 e. The van der Waals surface area contributed by atoms with Gasteiger partial charge in [-0.15, -0.1) is 0 Å². The molecule has 3 heterocycles. The average Bonchev–Trinajstić information content (AvgIpc) is 4.01. The van der Waals surface area contributed by atoms with Crippen molar-refractivity contribution < 1.29 is 4.42 Å². The van der Waals surface area contributed by atoms with Gasteiger partial charge < -0.3 is 13.6 Å². The number of rotatable bonds is 3. The van der Waals surface area contributed by atoms with Crippen molar-refractivity contribution in [2.24, 2.45) is 0 Å². The molecule has 0 bridgehead atoms. The minimum atomic E-state index is 0.830. The van der Waals surface area contributed by atoms with E-state index in [1.807, 2.05) is 12.1 Å². The van der Waals surface area contributed by atoms with Gasteiger partial charge in [0, 0.05) is 43.6 Å². The summed E-state index contributed by atoms with van der Waals surface area (Å²) in [4.78, 5) is 0. The fourth-order valence-electron chi connectivity index (χ4n) is 11.1. The second-order valence-corrected chi connectivity index (χ2v) is 17.6. The van der Waals surface area contributed by atoms with Crippen LogP contribution in [0.5, 0.6) is 0 Å². The summed E-state index contributed by atoms with van der Waals surface area (Å²) in [5.74, 6) is 0. The highest BCUT2D eigenvalue weighted by Gasteiger charge is 2.23. The van der Waals surface area contributed by atoms with Gasteiger partial charge in [0.05, 0.1) is 27.8 Å². The van der Waals surface area contributed by atoms with Crippen molar-refractivity contribution in [3.63, 3.8) is 0 Å². The van der Waals surface area contributed by atoms with Gasteiger partial charge in [-0.1, -0.05) is 152 Å². The predicted molar refractivity (Wildman–Crippen MR) is 271 cm³/mol. The average molecular weight is 829 g/mol. The van der Waals surface area contributed by atoms with Crippen LogP contribution in [0, 0.1) is 0 Å². The van der Waals surface area contributed by atoms with Gasteiger partial charge >= 0.3 is 0 Å². The maximum absolute atomic E-state index is 6.22. The Morgan fingerprint density at radius 2 is 0.800 bits per heavy atom. The first-order valence-corrected chi connectivity index (χ1v) is 22.6. The molecule has 0 aliphatic heterocycles. The zero-order valence-corrected chi connectivity index (χ0v) is 35.5. The van der Waals surface area contributed by atoms with Crippen LogP contribution in [0.25, 0.3) is 110 Å². The van der Waals surface area contributed by atoms with Gasteiger partial charge in [0.1, 0.15) is 11.2 Å². The number of benzene rings is 10. The van der Waals surface area contributed by atoms with Gasteiger partial charge in [-0.05, 0) is 130 Å². The van der Waals surface area contributed by atoms with E-state index in [9.17, 15) is 0 Å². The number of hydrogen-bond donors (Lipinski definition) is 0. The number of nitrogens with zero attached hydrogens (tertiary/aromatic N) is 2. The number of furan rings is 1. The van der Waals surface area contributed by atoms with Gasteiger partial charge in [0.25, 0.3) is 0 Å². The van der Waals surface area contributed by atoms with E-state index in [2.05, 4.69) is 215 Å². The third-order valence-electron chi connectivity index (χ3n) is 14.0. The van der Waals surface area contributed by atoms with Gasteiger partial charge in [0.2, 0.25) is 0 Å².